The Labute approximate surface area is 202 Å². The van der Waals surface area contributed by atoms with Crippen LogP contribution in [0, 0.1) is 0 Å². The van der Waals surface area contributed by atoms with E-state index in [1.54, 1.807) is 17.0 Å². The zero-order valence-corrected chi connectivity index (χ0v) is 19.3. The Morgan fingerprint density at radius 2 is 1.85 bits per heavy atom. The van der Waals surface area contributed by atoms with E-state index in [1.165, 1.54) is 0 Å². The van der Waals surface area contributed by atoms with E-state index in [2.05, 4.69) is 5.32 Å². The zero-order chi connectivity index (χ0) is 23.7. The van der Waals surface area contributed by atoms with Gasteiger partial charge < -0.3 is 19.7 Å². The van der Waals surface area contributed by atoms with Crippen molar-refractivity contribution in [1.29, 1.82) is 0 Å². The van der Waals surface area contributed by atoms with Crippen molar-refractivity contribution in [1.82, 2.24) is 4.90 Å². The third kappa shape index (κ3) is 4.37. The van der Waals surface area contributed by atoms with Gasteiger partial charge in [0.1, 0.15) is 18.1 Å². The number of fused-ring (bicyclic) bond motifs is 1. The number of halogens is 1. The highest BCUT2D eigenvalue weighted by Crippen LogP contribution is 2.35. The number of benzene rings is 3. The number of carbonyl (C=O) groups excluding carboxylic acids is 2. The first-order valence-electron chi connectivity index (χ1n) is 11.1. The Kier molecular flexibility index (Phi) is 5.99. The molecule has 0 radical (unpaired) electrons. The Hall–Kier alpha value is -3.77. The number of cyclic esters (lactones) is 1. The zero-order valence-electron chi connectivity index (χ0n) is 18.6. The minimum absolute atomic E-state index is 0.0543. The number of hydrogen-bond donors (Lipinski definition) is 1. The molecule has 3 aromatic carbocycles. The summed E-state index contributed by atoms with van der Waals surface area (Å²) in [6.07, 6.45) is 2.27. The van der Waals surface area contributed by atoms with Crippen LogP contribution in [0.1, 0.15) is 23.6 Å². The smallest absolute Gasteiger partial charge is 0.410 e. The fourth-order valence-corrected chi connectivity index (χ4v) is 4.50. The molecule has 1 unspecified atom stereocenters. The number of hydrogen-bond acceptors (Lipinski definition) is 4. The third-order valence-corrected chi connectivity index (χ3v) is 6.35. The van der Waals surface area contributed by atoms with E-state index in [4.69, 9.17) is 21.1 Å². The summed E-state index contributed by atoms with van der Waals surface area (Å²) < 4.78 is 11.1. The second-order valence-electron chi connectivity index (χ2n) is 8.21. The summed E-state index contributed by atoms with van der Waals surface area (Å²) in [6, 6.07) is 20.8. The summed E-state index contributed by atoms with van der Waals surface area (Å²) >= 11 is 6.51. The van der Waals surface area contributed by atoms with Crippen molar-refractivity contribution in [2.75, 3.05) is 18.5 Å². The number of para-hydroxylation sites is 1. The molecule has 172 valence electrons. The number of amides is 2. The molecular weight excluding hydrogens is 452 g/mol. The lowest BCUT2D eigenvalue weighted by atomic mass is 10.0. The average Bonchev–Trinajstić information content (AvgIpc) is 3.35. The van der Waals surface area contributed by atoms with Gasteiger partial charge in [-0.3, -0.25) is 4.79 Å². The summed E-state index contributed by atoms with van der Waals surface area (Å²) in [5, 5.41) is 3.36. The molecule has 6 nitrogen and oxygen atoms in total. The molecular formula is C27H23ClN2O4. The monoisotopic (exact) mass is 474 g/mol. The first-order chi connectivity index (χ1) is 16.5. The van der Waals surface area contributed by atoms with Gasteiger partial charge in [-0.15, -0.1) is 0 Å². The van der Waals surface area contributed by atoms with Crippen LogP contribution in [0.3, 0.4) is 0 Å². The normalized spacial score (nSPS) is 18.1. The van der Waals surface area contributed by atoms with E-state index < -0.39 is 0 Å². The van der Waals surface area contributed by atoms with Crippen LogP contribution in [-0.4, -0.2) is 36.1 Å². The lowest BCUT2D eigenvalue weighted by molar-refractivity contribution is -0.110. The van der Waals surface area contributed by atoms with Gasteiger partial charge in [-0.05, 0) is 66.9 Å². The van der Waals surface area contributed by atoms with Gasteiger partial charge in [0.15, 0.2) is 0 Å². The summed E-state index contributed by atoms with van der Waals surface area (Å²) in [5.74, 6) is 1.14. The standard InChI is InChI=1S/C27H23ClN2O4/c1-2-30-19(16-33-27(30)32)13-17-7-10-20(11-8-17)34-21-12-9-18(24(28)15-21)14-23-22-5-3-4-6-25(22)29-26(23)31/h3-12,14-15,19H,2,13,16H2,1H3,(H,29,31). The van der Waals surface area contributed by atoms with Crippen LogP contribution in [0.4, 0.5) is 10.5 Å². The highest BCUT2D eigenvalue weighted by Gasteiger charge is 2.31. The van der Waals surface area contributed by atoms with Crippen molar-refractivity contribution < 1.29 is 19.1 Å². The van der Waals surface area contributed by atoms with Crippen molar-refractivity contribution in [2.45, 2.75) is 19.4 Å². The number of nitrogens with zero attached hydrogens (tertiary/aromatic N) is 1. The molecule has 1 atom stereocenters. The predicted octanol–water partition coefficient (Wildman–Crippen LogP) is 6.01. The molecule has 0 bridgehead atoms. The highest BCUT2D eigenvalue weighted by atomic mass is 35.5. The number of likely N-dealkylation sites (N-methyl/N-ethyl adjacent to an activating group) is 1. The first kappa shape index (κ1) is 22.0. The van der Waals surface area contributed by atoms with Crippen LogP contribution < -0.4 is 10.1 Å². The Morgan fingerprint density at radius 3 is 2.62 bits per heavy atom. The molecule has 7 heteroatoms. The van der Waals surface area contributed by atoms with Crippen molar-refractivity contribution in [3.8, 4) is 11.5 Å². The minimum Gasteiger partial charge on any atom is -0.457 e. The van der Waals surface area contributed by atoms with E-state index in [0.717, 1.165) is 28.8 Å². The molecule has 0 aromatic heterocycles. The van der Waals surface area contributed by atoms with Gasteiger partial charge in [0.25, 0.3) is 5.91 Å². The number of carbonyl (C=O) groups is 2. The van der Waals surface area contributed by atoms with Gasteiger partial charge >= 0.3 is 6.09 Å². The molecule has 1 saturated heterocycles. The van der Waals surface area contributed by atoms with E-state index in [-0.39, 0.29) is 18.0 Å². The van der Waals surface area contributed by atoms with Gasteiger partial charge in [-0.25, -0.2) is 4.79 Å². The molecule has 0 spiro atoms. The molecule has 0 aliphatic carbocycles. The topological polar surface area (TPSA) is 67.9 Å². The molecule has 2 aliphatic rings. The van der Waals surface area contributed by atoms with Crippen LogP contribution in [-0.2, 0) is 16.0 Å². The maximum absolute atomic E-state index is 12.4. The molecule has 1 N–H and O–H groups in total. The summed E-state index contributed by atoms with van der Waals surface area (Å²) in [7, 11) is 0. The van der Waals surface area contributed by atoms with Crippen LogP contribution in [0.15, 0.2) is 66.7 Å². The second kappa shape index (κ2) is 9.23. The van der Waals surface area contributed by atoms with E-state index in [9.17, 15) is 9.59 Å². The van der Waals surface area contributed by atoms with Gasteiger partial charge in [-0.2, -0.15) is 0 Å². The third-order valence-electron chi connectivity index (χ3n) is 6.03. The number of ether oxygens (including phenoxy) is 2. The molecule has 3 aromatic rings. The summed E-state index contributed by atoms with van der Waals surface area (Å²) in [5.41, 5.74) is 4.08. The lowest BCUT2D eigenvalue weighted by Crippen LogP contribution is -2.34. The summed E-state index contributed by atoms with van der Waals surface area (Å²) in [6.45, 7) is 3.00. The lowest BCUT2D eigenvalue weighted by Gasteiger charge is -2.19. The quantitative estimate of drug-likeness (QED) is 0.444. The summed E-state index contributed by atoms with van der Waals surface area (Å²) in [4.78, 5) is 25.8. The molecule has 2 aliphatic heterocycles. The first-order valence-corrected chi connectivity index (χ1v) is 11.5. The SMILES string of the molecule is CCN1C(=O)OCC1Cc1ccc(Oc2ccc(C=C3C(=O)Nc4ccccc43)c(Cl)c2)cc1. The minimum atomic E-state index is -0.249. The van der Waals surface area contributed by atoms with Crippen LogP contribution >= 0.6 is 11.6 Å². The molecule has 1 fully saturated rings. The largest absolute Gasteiger partial charge is 0.457 e. The fourth-order valence-electron chi connectivity index (χ4n) is 4.27. The van der Waals surface area contributed by atoms with Crippen LogP contribution in [0.5, 0.6) is 11.5 Å². The number of nitrogens with one attached hydrogen (secondary N) is 1. The molecule has 2 heterocycles. The van der Waals surface area contributed by atoms with Gasteiger partial charge in [0.05, 0.1) is 11.1 Å². The van der Waals surface area contributed by atoms with Crippen LogP contribution in [0.25, 0.3) is 11.6 Å². The maximum Gasteiger partial charge on any atom is 0.410 e. The van der Waals surface area contributed by atoms with Gasteiger partial charge in [0, 0.05) is 23.4 Å². The van der Waals surface area contributed by atoms with Gasteiger partial charge in [-0.1, -0.05) is 41.9 Å². The number of anilines is 1. The van der Waals surface area contributed by atoms with Gasteiger partial charge in [0.2, 0.25) is 0 Å². The maximum atomic E-state index is 12.4. The Morgan fingerprint density at radius 1 is 1.09 bits per heavy atom. The highest BCUT2D eigenvalue weighted by molar-refractivity contribution is 6.37. The predicted molar refractivity (Wildman–Crippen MR) is 132 cm³/mol. The van der Waals surface area contributed by atoms with E-state index >= 15 is 0 Å². The molecule has 0 saturated carbocycles. The van der Waals surface area contributed by atoms with E-state index in [0.29, 0.717) is 35.2 Å². The van der Waals surface area contributed by atoms with Crippen molar-refractivity contribution in [3.63, 3.8) is 0 Å². The van der Waals surface area contributed by atoms with Crippen molar-refractivity contribution >= 4 is 40.9 Å². The van der Waals surface area contributed by atoms with Crippen molar-refractivity contribution in [2.24, 2.45) is 0 Å². The van der Waals surface area contributed by atoms with E-state index in [1.807, 2.05) is 67.6 Å². The average molecular weight is 475 g/mol. The molecule has 34 heavy (non-hydrogen) atoms. The van der Waals surface area contributed by atoms with Crippen LogP contribution in [0.2, 0.25) is 5.02 Å². The Balaban J connectivity index is 1.28. The fraction of sp³-hybridized carbons (Fsp3) is 0.185. The van der Waals surface area contributed by atoms with Crippen molar-refractivity contribution in [3.05, 3.63) is 88.4 Å². The molecule has 2 amide bonds. The second-order valence-corrected chi connectivity index (χ2v) is 8.62. The molecule has 5 rings (SSSR count). The number of rotatable bonds is 6. The Bertz CT molecular complexity index is 1290.